The maximum atomic E-state index is 11.0. The zero-order valence-corrected chi connectivity index (χ0v) is 10.5. The highest BCUT2D eigenvalue weighted by Crippen LogP contribution is 2.06. The number of hydrogen-bond donors (Lipinski definition) is 3. The maximum Gasteiger partial charge on any atom is 0.320 e. The monoisotopic (exact) mass is 263 g/mol. The van der Waals surface area contributed by atoms with E-state index in [1.165, 1.54) is 0 Å². The molecular formula is C14H17NO4. The molecule has 0 fully saturated rings. The van der Waals surface area contributed by atoms with E-state index in [0.29, 0.717) is 6.54 Å². The van der Waals surface area contributed by atoms with Crippen LogP contribution >= 0.6 is 0 Å². The van der Waals surface area contributed by atoms with Gasteiger partial charge in [-0.1, -0.05) is 36.9 Å². The van der Waals surface area contributed by atoms with Gasteiger partial charge in [0.2, 0.25) is 0 Å². The minimum absolute atomic E-state index is 0.0649. The molecule has 1 unspecified atom stereocenters. The van der Waals surface area contributed by atoms with E-state index in [4.69, 9.17) is 10.2 Å². The number of carboxylic acid groups (broad SMARTS) is 2. The number of nitrogens with one attached hydrogen (secondary N) is 1. The molecule has 0 radical (unpaired) electrons. The molecule has 1 aromatic carbocycles. The van der Waals surface area contributed by atoms with E-state index in [0.717, 1.165) is 11.1 Å². The number of aliphatic carboxylic acids is 2. The first kappa shape index (κ1) is 14.9. The van der Waals surface area contributed by atoms with Crippen molar-refractivity contribution in [1.29, 1.82) is 0 Å². The Hall–Kier alpha value is -2.14. The van der Waals surface area contributed by atoms with Crippen LogP contribution in [0.3, 0.4) is 0 Å². The van der Waals surface area contributed by atoms with E-state index in [9.17, 15) is 9.59 Å². The molecule has 0 aliphatic rings. The average Bonchev–Trinajstić information content (AvgIpc) is 2.38. The molecule has 1 rings (SSSR count). The molecule has 0 heterocycles. The Morgan fingerprint density at radius 1 is 1.26 bits per heavy atom. The molecule has 0 aliphatic heterocycles. The Kier molecular flexibility index (Phi) is 5.75. The van der Waals surface area contributed by atoms with Crippen molar-refractivity contribution in [2.24, 2.45) is 0 Å². The van der Waals surface area contributed by atoms with Gasteiger partial charge in [0.15, 0.2) is 0 Å². The first-order valence-electron chi connectivity index (χ1n) is 5.92. The van der Waals surface area contributed by atoms with Gasteiger partial charge >= 0.3 is 11.9 Å². The summed E-state index contributed by atoms with van der Waals surface area (Å²) in [5.41, 5.74) is 1.93. The van der Waals surface area contributed by atoms with E-state index in [-0.39, 0.29) is 12.8 Å². The number of hydrogen-bond acceptors (Lipinski definition) is 3. The van der Waals surface area contributed by atoms with Crippen molar-refractivity contribution < 1.29 is 19.8 Å². The summed E-state index contributed by atoms with van der Waals surface area (Å²) in [6.07, 6.45) is 1.62. The Bertz CT molecular complexity index is 453. The van der Waals surface area contributed by atoms with Crippen LogP contribution in [-0.4, -0.2) is 28.2 Å². The van der Waals surface area contributed by atoms with Crippen molar-refractivity contribution in [2.75, 3.05) is 0 Å². The van der Waals surface area contributed by atoms with Crippen LogP contribution in [0.2, 0.25) is 0 Å². The van der Waals surface area contributed by atoms with E-state index in [2.05, 4.69) is 11.9 Å². The van der Waals surface area contributed by atoms with Crippen molar-refractivity contribution in [2.45, 2.75) is 25.4 Å². The van der Waals surface area contributed by atoms with Crippen molar-refractivity contribution in [1.82, 2.24) is 5.32 Å². The summed E-state index contributed by atoms with van der Waals surface area (Å²) < 4.78 is 0. The number of benzene rings is 1. The van der Waals surface area contributed by atoms with E-state index in [1.54, 1.807) is 6.08 Å². The van der Waals surface area contributed by atoms with Crippen molar-refractivity contribution in [3.63, 3.8) is 0 Å². The van der Waals surface area contributed by atoms with E-state index in [1.807, 2.05) is 24.3 Å². The van der Waals surface area contributed by atoms with E-state index >= 15 is 0 Å². The van der Waals surface area contributed by atoms with Crippen LogP contribution < -0.4 is 5.32 Å². The Morgan fingerprint density at radius 2 is 1.89 bits per heavy atom. The van der Waals surface area contributed by atoms with Crippen LogP contribution in [0.15, 0.2) is 30.8 Å². The van der Waals surface area contributed by atoms with Crippen LogP contribution in [0.4, 0.5) is 0 Å². The van der Waals surface area contributed by atoms with Crippen LogP contribution in [-0.2, 0) is 16.1 Å². The summed E-state index contributed by atoms with van der Waals surface area (Å²) in [4.78, 5) is 21.4. The normalized spacial score (nSPS) is 11.8. The molecule has 5 heteroatoms. The second kappa shape index (κ2) is 7.33. The zero-order chi connectivity index (χ0) is 14.3. The van der Waals surface area contributed by atoms with Gasteiger partial charge in [-0.15, -0.1) is 0 Å². The van der Waals surface area contributed by atoms with Gasteiger partial charge in [-0.05, 0) is 17.5 Å². The molecule has 0 bridgehead atoms. The molecule has 0 aliphatic carbocycles. The van der Waals surface area contributed by atoms with Crippen molar-refractivity contribution in [3.05, 3.63) is 42.0 Å². The Balaban J connectivity index is 2.52. The van der Waals surface area contributed by atoms with Crippen molar-refractivity contribution in [3.8, 4) is 0 Å². The number of carboxylic acids is 2. The molecule has 5 nitrogen and oxygen atoms in total. The summed E-state index contributed by atoms with van der Waals surface area (Å²) in [7, 11) is 0. The lowest BCUT2D eigenvalue weighted by Crippen LogP contribution is -2.36. The Morgan fingerprint density at radius 3 is 2.37 bits per heavy atom. The maximum absolute atomic E-state index is 11.0. The van der Waals surface area contributed by atoms with Gasteiger partial charge in [0.05, 0.1) is 0 Å². The Labute approximate surface area is 111 Å². The fraction of sp³-hybridized carbons (Fsp3) is 0.286. The van der Waals surface area contributed by atoms with Gasteiger partial charge < -0.3 is 15.5 Å². The van der Waals surface area contributed by atoms with Crippen LogP contribution in [0.1, 0.15) is 24.0 Å². The third kappa shape index (κ3) is 5.35. The molecule has 0 amide bonds. The molecule has 3 N–H and O–H groups in total. The topological polar surface area (TPSA) is 86.6 Å². The van der Waals surface area contributed by atoms with Gasteiger partial charge in [-0.25, -0.2) is 0 Å². The van der Waals surface area contributed by atoms with E-state index < -0.39 is 18.0 Å². The van der Waals surface area contributed by atoms with Gasteiger partial charge in [-0.3, -0.25) is 9.59 Å². The summed E-state index contributed by atoms with van der Waals surface area (Å²) in [5, 5.41) is 20.4. The molecule has 0 spiro atoms. The fourth-order valence-electron chi connectivity index (χ4n) is 1.59. The largest absolute Gasteiger partial charge is 0.481 e. The number of rotatable bonds is 8. The molecule has 0 saturated heterocycles. The smallest absolute Gasteiger partial charge is 0.320 e. The second-order valence-electron chi connectivity index (χ2n) is 4.15. The lowest BCUT2D eigenvalue weighted by Gasteiger charge is -2.13. The SMILES string of the molecule is C=Cc1ccc(CNC(CCC(=O)O)C(=O)O)cc1. The minimum Gasteiger partial charge on any atom is -0.481 e. The lowest BCUT2D eigenvalue weighted by molar-refractivity contribution is -0.140. The highest BCUT2D eigenvalue weighted by molar-refractivity contribution is 5.75. The fourth-order valence-corrected chi connectivity index (χ4v) is 1.59. The average molecular weight is 263 g/mol. The molecular weight excluding hydrogens is 246 g/mol. The molecule has 102 valence electrons. The van der Waals surface area contributed by atoms with Gasteiger partial charge in [0, 0.05) is 13.0 Å². The molecule has 19 heavy (non-hydrogen) atoms. The number of carbonyl (C=O) groups is 2. The van der Waals surface area contributed by atoms with Crippen LogP contribution in [0.25, 0.3) is 6.08 Å². The third-order valence-corrected chi connectivity index (χ3v) is 2.71. The molecule has 0 saturated carbocycles. The highest BCUT2D eigenvalue weighted by atomic mass is 16.4. The second-order valence-corrected chi connectivity index (χ2v) is 4.15. The minimum atomic E-state index is -1.04. The summed E-state index contributed by atoms with van der Waals surface area (Å²) in [5.74, 6) is -2.03. The molecule has 1 aromatic rings. The molecule has 0 aromatic heterocycles. The summed E-state index contributed by atoms with van der Waals surface area (Å²) in [6, 6.07) is 6.67. The van der Waals surface area contributed by atoms with Gasteiger partial charge in [0.1, 0.15) is 6.04 Å². The predicted molar refractivity (Wildman–Crippen MR) is 71.7 cm³/mol. The van der Waals surface area contributed by atoms with Crippen LogP contribution in [0, 0.1) is 0 Å². The predicted octanol–water partition coefficient (Wildman–Crippen LogP) is 1.74. The highest BCUT2D eigenvalue weighted by Gasteiger charge is 2.17. The first-order valence-corrected chi connectivity index (χ1v) is 5.92. The third-order valence-electron chi connectivity index (χ3n) is 2.71. The standard InChI is InChI=1S/C14H17NO4/c1-2-10-3-5-11(6-4-10)9-15-12(14(18)19)7-8-13(16)17/h2-6,12,15H,1,7-9H2,(H,16,17)(H,18,19). The lowest BCUT2D eigenvalue weighted by atomic mass is 10.1. The van der Waals surface area contributed by atoms with Gasteiger partial charge in [0.25, 0.3) is 0 Å². The van der Waals surface area contributed by atoms with Crippen molar-refractivity contribution >= 4 is 18.0 Å². The van der Waals surface area contributed by atoms with Gasteiger partial charge in [-0.2, -0.15) is 0 Å². The quantitative estimate of drug-likeness (QED) is 0.665. The first-order chi connectivity index (χ1) is 9.02. The molecule has 1 atom stereocenters. The summed E-state index contributed by atoms with van der Waals surface area (Å²) in [6.45, 7) is 4.03. The van der Waals surface area contributed by atoms with Crippen LogP contribution in [0.5, 0.6) is 0 Å². The summed E-state index contributed by atoms with van der Waals surface area (Å²) >= 11 is 0. The zero-order valence-electron chi connectivity index (χ0n) is 10.5.